The Morgan fingerprint density at radius 1 is 1.35 bits per heavy atom. The van der Waals surface area contributed by atoms with Crippen LogP contribution in [0.2, 0.25) is 0 Å². The molecule has 2 aromatic rings. The first-order valence-electron chi connectivity index (χ1n) is 7.71. The van der Waals surface area contributed by atoms with Crippen LogP contribution in [0.1, 0.15) is 24.5 Å². The van der Waals surface area contributed by atoms with Crippen LogP contribution in [-0.4, -0.2) is 45.4 Å². The Bertz CT molecular complexity index is 663. The Morgan fingerprint density at radius 3 is 3.04 bits per heavy atom. The maximum absolute atomic E-state index is 11.1. The van der Waals surface area contributed by atoms with E-state index in [2.05, 4.69) is 25.2 Å². The van der Waals surface area contributed by atoms with E-state index in [1.807, 2.05) is 18.2 Å². The van der Waals surface area contributed by atoms with E-state index in [0.717, 1.165) is 37.4 Å². The molecule has 3 heterocycles. The number of carbonyl (C=O) groups excluding carboxylic acids is 1. The van der Waals surface area contributed by atoms with Gasteiger partial charge in [0.15, 0.2) is 0 Å². The fourth-order valence-corrected chi connectivity index (χ4v) is 2.87. The molecule has 0 spiro atoms. The standard InChI is InChI=1S/C16H20N6O/c17-14(23)11-22-7-3-4-12(10-22)13-8-18-9-16(20-13)21-15-5-1-2-6-19-15/h1-2,5-6,8-9,12H,3-4,7,10-11H2,(H2,17,23)(H,19,20,21)/t12-/m0/s1. The third kappa shape index (κ3) is 4.23. The Labute approximate surface area is 135 Å². The van der Waals surface area contributed by atoms with Gasteiger partial charge in [0.25, 0.3) is 0 Å². The van der Waals surface area contributed by atoms with Crippen LogP contribution in [0.15, 0.2) is 36.8 Å². The predicted molar refractivity (Wildman–Crippen MR) is 87.2 cm³/mol. The number of primary amides is 1. The number of piperidine rings is 1. The van der Waals surface area contributed by atoms with E-state index in [9.17, 15) is 4.79 Å². The van der Waals surface area contributed by atoms with Gasteiger partial charge in [-0.3, -0.25) is 14.7 Å². The molecule has 0 bridgehead atoms. The van der Waals surface area contributed by atoms with Gasteiger partial charge in [-0.15, -0.1) is 0 Å². The van der Waals surface area contributed by atoms with E-state index in [-0.39, 0.29) is 11.8 Å². The summed E-state index contributed by atoms with van der Waals surface area (Å²) < 4.78 is 0. The molecular formula is C16H20N6O. The quantitative estimate of drug-likeness (QED) is 0.863. The molecule has 1 amide bonds. The van der Waals surface area contributed by atoms with Crippen molar-refractivity contribution in [1.29, 1.82) is 0 Å². The highest BCUT2D eigenvalue weighted by molar-refractivity contribution is 5.75. The summed E-state index contributed by atoms with van der Waals surface area (Å²) in [4.78, 5) is 26.3. The van der Waals surface area contributed by atoms with Gasteiger partial charge in [0, 0.05) is 24.9 Å². The highest BCUT2D eigenvalue weighted by Crippen LogP contribution is 2.26. The van der Waals surface area contributed by atoms with Crippen LogP contribution in [0.25, 0.3) is 0 Å². The van der Waals surface area contributed by atoms with Crippen LogP contribution in [0, 0.1) is 0 Å². The number of aromatic nitrogens is 3. The first kappa shape index (κ1) is 15.4. The first-order chi connectivity index (χ1) is 11.2. The molecule has 0 unspecified atom stereocenters. The molecule has 23 heavy (non-hydrogen) atoms. The Kier molecular flexibility index (Phi) is 4.77. The van der Waals surface area contributed by atoms with Gasteiger partial charge in [-0.1, -0.05) is 6.07 Å². The van der Waals surface area contributed by atoms with Gasteiger partial charge in [0.05, 0.1) is 18.4 Å². The third-order valence-corrected chi connectivity index (χ3v) is 3.88. The summed E-state index contributed by atoms with van der Waals surface area (Å²) in [5.41, 5.74) is 6.22. The molecule has 0 aliphatic carbocycles. The zero-order valence-corrected chi connectivity index (χ0v) is 12.9. The molecule has 3 N–H and O–H groups in total. The SMILES string of the molecule is NC(=O)CN1CCC[C@H](c2cncc(Nc3ccccn3)n2)C1. The van der Waals surface area contributed by atoms with Crippen LogP contribution in [0.3, 0.4) is 0 Å². The zero-order valence-electron chi connectivity index (χ0n) is 12.9. The number of likely N-dealkylation sites (tertiary alicyclic amines) is 1. The first-order valence-corrected chi connectivity index (χ1v) is 7.71. The largest absolute Gasteiger partial charge is 0.369 e. The minimum atomic E-state index is -0.290. The molecule has 0 saturated carbocycles. The van der Waals surface area contributed by atoms with E-state index >= 15 is 0 Å². The van der Waals surface area contributed by atoms with Crippen molar-refractivity contribution in [2.24, 2.45) is 5.73 Å². The molecule has 2 aromatic heterocycles. The van der Waals surface area contributed by atoms with E-state index in [0.29, 0.717) is 12.4 Å². The van der Waals surface area contributed by atoms with E-state index in [1.165, 1.54) is 0 Å². The highest BCUT2D eigenvalue weighted by Gasteiger charge is 2.23. The monoisotopic (exact) mass is 312 g/mol. The van der Waals surface area contributed by atoms with Gasteiger partial charge in [0.1, 0.15) is 11.6 Å². The Balaban J connectivity index is 1.70. The lowest BCUT2D eigenvalue weighted by Crippen LogP contribution is -2.40. The lowest BCUT2D eigenvalue weighted by atomic mass is 9.95. The molecule has 120 valence electrons. The average molecular weight is 312 g/mol. The number of hydrogen-bond donors (Lipinski definition) is 2. The Morgan fingerprint density at radius 2 is 2.26 bits per heavy atom. The summed E-state index contributed by atoms with van der Waals surface area (Å²) in [6, 6.07) is 5.65. The summed E-state index contributed by atoms with van der Waals surface area (Å²) >= 11 is 0. The number of nitrogens with zero attached hydrogens (tertiary/aromatic N) is 4. The fraction of sp³-hybridized carbons (Fsp3) is 0.375. The van der Waals surface area contributed by atoms with Crippen molar-refractivity contribution in [2.75, 3.05) is 25.0 Å². The van der Waals surface area contributed by atoms with Crippen molar-refractivity contribution < 1.29 is 4.79 Å². The van der Waals surface area contributed by atoms with Crippen molar-refractivity contribution in [3.63, 3.8) is 0 Å². The van der Waals surface area contributed by atoms with Crippen LogP contribution >= 0.6 is 0 Å². The van der Waals surface area contributed by atoms with Gasteiger partial charge in [-0.05, 0) is 31.5 Å². The summed E-state index contributed by atoms with van der Waals surface area (Å²) in [6.45, 7) is 1.99. The molecule has 1 fully saturated rings. The van der Waals surface area contributed by atoms with Crippen LogP contribution in [0.5, 0.6) is 0 Å². The van der Waals surface area contributed by atoms with E-state index < -0.39 is 0 Å². The summed E-state index contributed by atoms with van der Waals surface area (Å²) in [5, 5.41) is 3.15. The molecule has 1 atom stereocenters. The lowest BCUT2D eigenvalue weighted by molar-refractivity contribution is -0.119. The number of carbonyl (C=O) groups is 1. The zero-order chi connectivity index (χ0) is 16.1. The number of amides is 1. The normalized spacial score (nSPS) is 18.5. The number of nitrogens with two attached hydrogens (primary N) is 1. The number of hydrogen-bond acceptors (Lipinski definition) is 6. The molecular weight excluding hydrogens is 292 g/mol. The smallest absolute Gasteiger partial charge is 0.231 e. The lowest BCUT2D eigenvalue weighted by Gasteiger charge is -2.31. The number of nitrogens with one attached hydrogen (secondary N) is 1. The Hall–Kier alpha value is -2.54. The van der Waals surface area contributed by atoms with Crippen molar-refractivity contribution in [3.8, 4) is 0 Å². The maximum atomic E-state index is 11.1. The topological polar surface area (TPSA) is 97.0 Å². The molecule has 7 heteroatoms. The molecule has 1 aliphatic heterocycles. The van der Waals surface area contributed by atoms with Crippen LogP contribution in [0.4, 0.5) is 11.6 Å². The molecule has 1 saturated heterocycles. The van der Waals surface area contributed by atoms with Gasteiger partial charge in [-0.25, -0.2) is 9.97 Å². The second-order valence-corrected chi connectivity index (χ2v) is 5.71. The molecule has 1 aliphatic rings. The highest BCUT2D eigenvalue weighted by atomic mass is 16.1. The van der Waals surface area contributed by atoms with Gasteiger partial charge < -0.3 is 11.1 Å². The molecule has 0 aromatic carbocycles. The minimum Gasteiger partial charge on any atom is -0.369 e. The molecule has 3 rings (SSSR count). The average Bonchev–Trinajstić information content (AvgIpc) is 2.56. The van der Waals surface area contributed by atoms with Crippen LogP contribution in [-0.2, 0) is 4.79 Å². The van der Waals surface area contributed by atoms with Gasteiger partial charge >= 0.3 is 0 Å². The number of anilines is 2. The minimum absolute atomic E-state index is 0.265. The summed E-state index contributed by atoms with van der Waals surface area (Å²) in [7, 11) is 0. The van der Waals surface area contributed by atoms with Crippen molar-refractivity contribution in [1.82, 2.24) is 19.9 Å². The predicted octanol–water partition coefficient (Wildman–Crippen LogP) is 1.28. The van der Waals surface area contributed by atoms with Crippen molar-refractivity contribution in [2.45, 2.75) is 18.8 Å². The van der Waals surface area contributed by atoms with E-state index in [4.69, 9.17) is 5.73 Å². The molecule has 7 nitrogen and oxygen atoms in total. The van der Waals surface area contributed by atoms with Gasteiger partial charge in [-0.2, -0.15) is 0 Å². The van der Waals surface area contributed by atoms with Crippen LogP contribution < -0.4 is 11.1 Å². The van der Waals surface area contributed by atoms with Crippen molar-refractivity contribution >= 4 is 17.5 Å². The van der Waals surface area contributed by atoms with E-state index in [1.54, 1.807) is 18.6 Å². The summed E-state index contributed by atoms with van der Waals surface area (Å²) in [5.74, 6) is 1.38. The number of pyridine rings is 1. The van der Waals surface area contributed by atoms with Gasteiger partial charge in [0.2, 0.25) is 5.91 Å². The fourth-order valence-electron chi connectivity index (χ4n) is 2.87. The number of rotatable bonds is 5. The second kappa shape index (κ2) is 7.15. The summed E-state index contributed by atoms with van der Waals surface area (Å²) in [6.07, 6.45) is 7.27. The maximum Gasteiger partial charge on any atom is 0.231 e. The molecule has 0 radical (unpaired) electrons. The second-order valence-electron chi connectivity index (χ2n) is 5.71. The third-order valence-electron chi connectivity index (χ3n) is 3.88. The van der Waals surface area contributed by atoms with Crippen molar-refractivity contribution in [3.05, 3.63) is 42.5 Å².